The Bertz CT molecular complexity index is 689. The first-order valence-electron chi connectivity index (χ1n) is 6.05. The summed E-state index contributed by atoms with van der Waals surface area (Å²) < 4.78 is 38.7. The largest absolute Gasteiger partial charge is 0.417 e. The molecule has 1 aromatic heterocycles. The van der Waals surface area contributed by atoms with Crippen LogP contribution in [0.1, 0.15) is 19.4 Å². The van der Waals surface area contributed by atoms with Crippen LogP contribution < -0.4 is 5.56 Å². The van der Waals surface area contributed by atoms with Crippen molar-refractivity contribution in [2.45, 2.75) is 32.1 Å². The SMILES string of the molecule is CN(C(=O)Cn1cc(C(F)(F)F)cc(Cl)c1=O)C(C)(C)C#N. The number of amides is 1. The predicted molar refractivity (Wildman–Crippen MR) is 73.2 cm³/mol. The molecule has 1 aromatic rings. The van der Waals surface area contributed by atoms with Crippen molar-refractivity contribution in [3.05, 3.63) is 33.2 Å². The summed E-state index contributed by atoms with van der Waals surface area (Å²) in [5.74, 6) is -0.691. The number of nitrogens with zero attached hydrogens (tertiary/aromatic N) is 3. The fourth-order valence-corrected chi connectivity index (χ4v) is 1.74. The Morgan fingerprint density at radius 1 is 1.45 bits per heavy atom. The van der Waals surface area contributed by atoms with Gasteiger partial charge in [0.15, 0.2) is 0 Å². The smallest absolute Gasteiger partial charge is 0.326 e. The molecule has 0 fully saturated rings. The molecule has 1 amide bonds. The standard InChI is InChI=1S/C13H13ClF3N3O2/c1-12(2,7-18)19(3)10(21)6-20-5-8(13(15,16)17)4-9(14)11(20)22/h4-5H,6H2,1-3H3. The maximum absolute atomic E-state index is 12.7. The second-order valence-electron chi connectivity index (χ2n) is 5.13. The molecule has 1 heterocycles. The third kappa shape index (κ3) is 3.80. The van der Waals surface area contributed by atoms with Crippen LogP contribution in [-0.2, 0) is 17.5 Å². The van der Waals surface area contributed by atoms with Crippen molar-refractivity contribution in [2.75, 3.05) is 7.05 Å². The average molecular weight is 336 g/mol. The molecular formula is C13H13ClF3N3O2. The molecule has 9 heteroatoms. The highest BCUT2D eigenvalue weighted by Crippen LogP contribution is 2.29. The van der Waals surface area contributed by atoms with Gasteiger partial charge in [-0.15, -0.1) is 0 Å². The Labute approximate surface area is 129 Å². The molecule has 0 N–H and O–H groups in total. The van der Waals surface area contributed by atoms with E-state index in [-0.39, 0.29) is 0 Å². The molecule has 0 atom stereocenters. The summed E-state index contributed by atoms with van der Waals surface area (Å²) in [6, 6.07) is 2.39. The minimum atomic E-state index is -4.69. The van der Waals surface area contributed by atoms with Crippen molar-refractivity contribution < 1.29 is 18.0 Å². The zero-order valence-electron chi connectivity index (χ0n) is 12.0. The lowest BCUT2D eigenvalue weighted by atomic mass is 10.1. The zero-order chi connectivity index (χ0) is 17.3. The topological polar surface area (TPSA) is 66.1 Å². The summed E-state index contributed by atoms with van der Waals surface area (Å²) in [5, 5.41) is 8.31. The number of carbonyl (C=O) groups is 1. The lowest BCUT2D eigenvalue weighted by Crippen LogP contribution is -2.46. The first-order chi connectivity index (χ1) is 9.90. The van der Waals surface area contributed by atoms with Gasteiger partial charge in [-0.1, -0.05) is 11.6 Å². The molecule has 0 saturated heterocycles. The summed E-state index contributed by atoms with van der Waals surface area (Å²) >= 11 is 5.49. The molecule has 0 aliphatic rings. The third-order valence-electron chi connectivity index (χ3n) is 3.16. The molecule has 0 unspecified atom stereocenters. The fraction of sp³-hybridized carbons (Fsp3) is 0.462. The van der Waals surface area contributed by atoms with Gasteiger partial charge < -0.3 is 9.47 Å². The molecule has 22 heavy (non-hydrogen) atoms. The van der Waals surface area contributed by atoms with Gasteiger partial charge in [0.2, 0.25) is 5.91 Å². The minimum Gasteiger partial charge on any atom is -0.326 e. The molecule has 0 spiro atoms. The second kappa shape index (κ2) is 6.01. The Hall–Kier alpha value is -2.01. The summed E-state index contributed by atoms with van der Waals surface area (Å²) in [7, 11) is 1.33. The Morgan fingerprint density at radius 2 is 2.00 bits per heavy atom. The van der Waals surface area contributed by atoms with E-state index in [1.165, 1.54) is 20.9 Å². The van der Waals surface area contributed by atoms with E-state index in [0.717, 1.165) is 4.90 Å². The van der Waals surface area contributed by atoms with E-state index in [2.05, 4.69) is 0 Å². The van der Waals surface area contributed by atoms with E-state index in [4.69, 9.17) is 16.9 Å². The first kappa shape index (κ1) is 18.0. The Balaban J connectivity index is 3.19. The highest BCUT2D eigenvalue weighted by Gasteiger charge is 2.33. The van der Waals surface area contributed by atoms with Crippen LogP contribution in [0.2, 0.25) is 5.02 Å². The number of likely N-dealkylation sites (N-methyl/N-ethyl adjacent to an activating group) is 1. The molecule has 0 aromatic carbocycles. The number of aromatic nitrogens is 1. The number of halogens is 4. The van der Waals surface area contributed by atoms with Crippen LogP contribution in [-0.4, -0.2) is 28.0 Å². The van der Waals surface area contributed by atoms with Crippen molar-refractivity contribution in [3.63, 3.8) is 0 Å². The van der Waals surface area contributed by atoms with E-state index in [0.29, 0.717) is 16.8 Å². The number of nitriles is 1. The Morgan fingerprint density at radius 3 is 2.45 bits per heavy atom. The van der Waals surface area contributed by atoms with E-state index < -0.39 is 40.3 Å². The van der Waals surface area contributed by atoms with Gasteiger partial charge in [0.05, 0.1) is 11.6 Å². The number of hydrogen-bond donors (Lipinski definition) is 0. The molecule has 1 rings (SSSR count). The number of carbonyl (C=O) groups excluding carboxylic acids is 1. The first-order valence-corrected chi connectivity index (χ1v) is 6.43. The lowest BCUT2D eigenvalue weighted by molar-refractivity contribution is -0.139. The van der Waals surface area contributed by atoms with Crippen LogP contribution >= 0.6 is 11.6 Å². The maximum atomic E-state index is 12.7. The third-order valence-corrected chi connectivity index (χ3v) is 3.43. The van der Waals surface area contributed by atoms with E-state index in [9.17, 15) is 22.8 Å². The molecule has 120 valence electrons. The van der Waals surface area contributed by atoms with Gasteiger partial charge >= 0.3 is 6.18 Å². The van der Waals surface area contributed by atoms with Crippen molar-refractivity contribution in [3.8, 4) is 6.07 Å². The van der Waals surface area contributed by atoms with Gasteiger partial charge in [-0.3, -0.25) is 9.59 Å². The molecule has 0 saturated carbocycles. The highest BCUT2D eigenvalue weighted by atomic mass is 35.5. The van der Waals surface area contributed by atoms with Crippen molar-refractivity contribution in [1.82, 2.24) is 9.47 Å². The summed E-state index contributed by atoms with van der Waals surface area (Å²) in [5.41, 5.74) is -3.20. The maximum Gasteiger partial charge on any atom is 0.417 e. The molecule has 0 bridgehead atoms. The van der Waals surface area contributed by atoms with Gasteiger partial charge in [0, 0.05) is 13.2 Å². The lowest BCUT2D eigenvalue weighted by Gasteiger charge is -2.29. The number of hydrogen-bond acceptors (Lipinski definition) is 3. The van der Waals surface area contributed by atoms with Crippen molar-refractivity contribution in [1.29, 1.82) is 5.26 Å². The predicted octanol–water partition coefficient (Wildman–Crippen LogP) is 2.28. The summed E-state index contributed by atoms with van der Waals surface area (Å²) in [6.07, 6.45) is -4.17. The van der Waals surface area contributed by atoms with Crippen LogP contribution in [0.5, 0.6) is 0 Å². The molecular weight excluding hydrogens is 323 g/mol. The van der Waals surface area contributed by atoms with E-state index in [1.54, 1.807) is 0 Å². The molecule has 5 nitrogen and oxygen atoms in total. The van der Waals surface area contributed by atoms with E-state index in [1.807, 2.05) is 6.07 Å². The zero-order valence-corrected chi connectivity index (χ0v) is 12.8. The monoisotopic (exact) mass is 335 g/mol. The normalized spacial score (nSPS) is 11.9. The minimum absolute atomic E-state index is 0.508. The Kier molecular flexibility index (Phi) is 4.92. The molecule has 0 aliphatic heterocycles. The number of pyridine rings is 1. The van der Waals surface area contributed by atoms with Crippen LogP contribution in [0.15, 0.2) is 17.1 Å². The quantitative estimate of drug-likeness (QED) is 0.851. The molecule has 0 aliphatic carbocycles. The van der Waals surface area contributed by atoms with Crippen LogP contribution in [0.3, 0.4) is 0 Å². The van der Waals surface area contributed by atoms with Gasteiger partial charge in [0.25, 0.3) is 5.56 Å². The average Bonchev–Trinajstić information content (AvgIpc) is 2.41. The number of rotatable bonds is 3. The van der Waals surface area contributed by atoms with Gasteiger partial charge in [-0.05, 0) is 19.9 Å². The van der Waals surface area contributed by atoms with Crippen LogP contribution in [0.25, 0.3) is 0 Å². The second-order valence-corrected chi connectivity index (χ2v) is 5.54. The van der Waals surface area contributed by atoms with E-state index >= 15 is 0 Å². The van der Waals surface area contributed by atoms with Crippen molar-refractivity contribution in [2.24, 2.45) is 0 Å². The van der Waals surface area contributed by atoms with Gasteiger partial charge in [-0.2, -0.15) is 18.4 Å². The highest BCUT2D eigenvalue weighted by molar-refractivity contribution is 6.30. The van der Waals surface area contributed by atoms with Crippen LogP contribution in [0, 0.1) is 11.3 Å². The summed E-state index contributed by atoms with van der Waals surface area (Å²) in [4.78, 5) is 24.8. The van der Waals surface area contributed by atoms with Gasteiger partial charge in [0.1, 0.15) is 17.1 Å². The molecule has 0 radical (unpaired) electrons. The van der Waals surface area contributed by atoms with Gasteiger partial charge in [-0.25, -0.2) is 0 Å². The fourth-order valence-electron chi connectivity index (χ4n) is 1.51. The number of alkyl halides is 3. The van der Waals surface area contributed by atoms with Crippen molar-refractivity contribution >= 4 is 17.5 Å². The summed E-state index contributed by atoms with van der Waals surface area (Å²) in [6.45, 7) is 2.28. The van der Waals surface area contributed by atoms with Crippen LogP contribution in [0.4, 0.5) is 13.2 Å².